The van der Waals surface area contributed by atoms with Crippen LogP contribution in [0.3, 0.4) is 0 Å². The first-order chi connectivity index (χ1) is 11.0. The summed E-state index contributed by atoms with van der Waals surface area (Å²) in [5, 5.41) is 0.923. The summed E-state index contributed by atoms with van der Waals surface area (Å²) >= 11 is 0. The average molecular weight is 337 g/mol. The molecule has 0 atom stereocenters. The molecule has 0 bridgehead atoms. The van der Waals surface area contributed by atoms with E-state index in [1.165, 1.54) is 25.9 Å². The van der Waals surface area contributed by atoms with Crippen LogP contribution in [-0.4, -0.2) is 68.5 Å². The van der Waals surface area contributed by atoms with Gasteiger partial charge in [0.1, 0.15) is 12.9 Å². The highest BCUT2D eigenvalue weighted by molar-refractivity contribution is 7.71. The van der Waals surface area contributed by atoms with Gasteiger partial charge in [0, 0.05) is 36.8 Å². The molecule has 2 aliphatic rings. The summed E-state index contributed by atoms with van der Waals surface area (Å²) in [5.41, 5.74) is 6.48. The van der Waals surface area contributed by atoms with E-state index in [4.69, 9.17) is 10.5 Å². The number of anilines is 1. The van der Waals surface area contributed by atoms with Crippen molar-refractivity contribution in [3.63, 3.8) is 0 Å². The Labute approximate surface area is 139 Å². The number of methoxy groups -OCH3 is 1. The van der Waals surface area contributed by atoms with E-state index in [1.807, 2.05) is 18.2 Å². The van der Waals surface area contributed by atoms with Crippen LogP contribution in [0.5, 0.6) is 5.75 Å². The molecule has 2 saturated heterocycles. The van der Waals surface area contributed by atoms with Gasteiger partial charge in [0.05, 0.1) is 12.8 Å². The number of nitrogen functional groups attached to an aromatic ring is 1. The lowest BCUT2D eigenvalue weighted by molar-refractivity contribution is 0.129. The molecule has 2 aliphatic heterocycles. The minimum Gasteiger partial charge on any atom is -0.495 e. The molecular weight excluding hydrogens is 309 g/mol. The molecule has 0 saturated carbocycles. The maximum absolute atomic E-state index is 13.4. The van der Waals surface area contributed by atoms with Crippen molar-refractivity contribution in [3.05, 3.63) is 18.2 Å². The van der Waals surface area contributed by atoms with E-state index in [0.29, 0.717) is 17.5 Å². The van der Waals surface area contributed by atoms with Crippen molar-refractivity contribution in [2.75, 3.05) is 58.4 Å². The van der Waals surface area contributed by atoms with Gasteiger partial charge in [-0.1, -0.05) is 0 Å². The average Bonchev–Trinajstić information content (AvgIpc) is 2.57. The quantitative estimate of drug-likeness (QED) is 0.672. The van der Waals surface area contributed by atoms with Gasteiger partial charge >= 0.3 is 0 Å². The Morgan fingerprint density at radius 2 is 1.83 bits per heavy atom. The molecule has 2 N–H and O–H groups in total. The lowest BCUT2D eigenvalue weighted by Gasteiger charge is -2.41. The molecule has 0 aliphatic carbocycles. The van der Waals surface area contributed by atoms with Crippen molar-refractivity contribution in [1.29, 1.82) is 0 Å². The number of benzene rings is 1. The summed E-state index contributed by atoms with van der Waals surface area (Å²) in [5.74, 6) is 0.635. The summed E-state index contributed by atoms with van der Waals surface area (Å²) in [6.07, 6.45) is 4.01. The van der Waals surface area contributed by atoms with Gasteiger partial charge in [0.25, 0.3) is 0 Å². The topological polar surface area (TPSA) is 58.8 Å². The predicted octanol–water partition coefficient (Wildman–Crippen LogP) is 1.68. The summed E-state index contributed by atoms with van der Waals surface area (Å²) in [7, 11) is 1.48. The van der Waals surface area contributed by atoms with Gasteiger partial charge in [-0.2, -0.15) is 0 Å². The van der Waals surface area contributed by atoms with E-state index in [1.54, 1.807) is 7.11 Å². The molecule has 2 heterocycles. The van der Waals surface area contributed by atoms with Gasteiger partial charge in [-0.15, -0.1) is 0 Å². The first-order valence-corrected chi connectivity index (χ1v) is 10.5. The van der Waals surface area contributed by atoms with Gasteiger partial charge in [0.2, 0.25) is 0 Å². The number of rotatable bonds is 3. The Balaban J connectivity index is 1.66. The van der Waals surface area contributed by atoms with Crippen LogP contribution < -0.4 is 15.8 Å². The zero-order chi connectivity index (χ0) is 16.4. The Hall–Kier alpha value is -1.03. The molecule has 0 aromatic heterocycles. The standard InChI is InChI=1S/C17H28N3O2P/c1-19-7-5-14(6-8-19)20-9-11-23(21,12-10-20)15-3-4-16(18)17(13-15)22-2/h3-4,13-14H,5-12,18H2,1-2H3. The fourth-order valence-electron chi connectivity index (χ4n) is 3.74. The second kappa shape index (κ2) is 6.84. The number of nitrogens with two attached hydrogens (primary N) is 1. The smallest absolute Gasteiger partial charge is 0.142 e. The third kappa shape index (κ3) is 3.57. The Bertz CT molecular complexity index is 588. The third-order valence-corrected chi connectivity index (χ3v) is 8.45. The van der Waals surface area contributed by atoms with Crippen molar-refractivity contribution in [1.82, 2.24) is 9.80 Å². The van der Waals surface area contributed by atoms with Gasteiger partial charge in [0.15, 0.2) is 0 Å². The molecule has 2 fully saturated rings. The minimum atomic E-state index is -2.31. The molecule has 3 rings (SSSR count). The van der Waals surface area contributed by atoms with E-state index >= 15 is 0 Å². The Morgan fingerprint density at radius 3 is 2.43 bits per heavy atom. The molecule has 0 spiro atoms. The largest absolute Gasteiger partial charge is 0.495 e. The number of ether oxygens (including phenoxy) is 1. The lowest BCUT2D eigenvalue weighted by atomic mass is 10.0. The van der Waals surface area contributed by atoms with E-state index in [0.717, 1.165) is 30.7 Å². The number of likely N-dealkylation sites (tertiary alicyclic amines) is 1. The fourth-order valence-corrected chi connectivity index (χ4v) is 6.34. The molecule has 6 heteroatoms. The minimum absolute atomic E-state index is 0.604. The van der Waals surface area contributed by atoms with Crippen molar-refractivity contribution >= 4 is 18.1 Å². The molecule has 1 aromatic rings. The van der Waals surface area contributed by atoms with Gasteiger partial charge in [-0.3, -0.25) is 4.90 Å². The van der Waals surface area contributed by atoms with Crippen LogP contribution in [0.2, 0.25) is 0 Å². The first-order valence-electron chi connectivity index (χ1n) is 8.46. The summed E-state index contributed by atoms with van der Waals surface area (Å²) in [4.78, 5) is 4.95. The Kier molecular flexibility index (Phi) is 5.00. The van der Waals surface area contributed by atoms with Crippen molar-refractivity contribution in [2.24, 2.45) is 0 Å². The van der Waals surface area contributed by atoms with Crippen LogP contribution in [0, 0.1) is 0 Å². The van der Waals surface area contributed by atoms with Crippen molar-refractivity contribution < 1.29 is 9.30 Å². The SMILES string of the molecule is COc1cc(P2(=O)CCN(C3CCN(C)CC3)CC2)ccc1N. The molecule has 5 nitrogen and oxygen atoms in total. The van der Waals surface area contributed by atoms with Crippen LogP contribution in [0.15, 0.2) is 18.2 Å². The highest BCUT2D eigenvalue weighted by Gasteiger charge is 2.34. The van der Waals surface area contributed by atoms with Crippen molar-refractivity contribution in [2.45, 2.75) is 18.9 Å². The number of hydrogen-bond donors (Lipinski definition) is 1. The van der Waals surface area contributed by atoms with Crippen LogP contribution >= 0.6 is 7.14 Å². The van der Waals surface area contributed by atoms with Gasteiger partial charge < -0.3 is 19.9 Å². The van der Waals surface area contributed by atoms with E-state index < -0.39 is 7.14 Å². The summed E-state index contributed by atoms with van der Waals surface area (Å²) in [6, 6.07) is 6.28. The van der Waals surface area contributed by atoms with Crippen LogP contribution in [-0.2, 0) is 4.57 Å². The van der Waals surface area contributed by atoms with Gasteiger partial charge in [-0.25, -0.2) is 0 Å². The van der Waals surface area contributed by atoms with Crippen LogP contribution in [0.25, 0.3) is 0 Å². The molecule has 128 valence electrons. The normalized spacial score (nSPS) is 23.7. The lowest BCUT2D eigenvalue weighted by Crippen LogP contribution is -2.48. The maximum atomic E-state index is 13.4. The Morgan fingerprint density at radius 1 is 1.17 bits per heavy atom. The van der Waals surface area contributed by atoms with Crippen LogP contribution in [0.1, 0.15) is 12.8 Å². The second-order valence-electron chi connectivity index (χ2n) is 6.83. The summed E-state index contributed by atoms with van der Waals surface area (Å²) < 4.78 is 18.7. The van der Waals surface area contributed by atoms with E-state index in [2.05, 4.69) is 16.8 Å². The zero-order valence-corrected chi connectivity index (χ0v) is 15.1. The van der Waals surface area contributed by atoms with Gasteiger partial charge in [-0.05, 0) is 51.2 Å². The van der Waals surface area contributed by atoms with E-state index in [-0.39, 0.29) is 0 Å². The monoisotopic (exact) mass is 337 g/mol. The molecule has 0 amide bonds. The molecular formula is C17H28N3O2P. The van der Waals surface area contributed by atoms with Crippen LogP contribution in [0.4, 0.5) is 5.69 Å². The summed E-state index contributed by atoms with van der Waals surface area (Å²) in [6.45, 7) is 4.23. The number of nitrogens with zero attached hydrogens (tertiary/aromatic N) is 2. The second-order valence-corrected chi connectivity index (χ2v) is 10.0. The molecule has 1 aromatic carbocycles. The van der Waals surface area contributed by atoms with E-state index in [9.17, 15) is 4.57 Å². The van der Waals surface area contributed by atoms with Crippen molar-refractivity contribution in [3.8, 4) is 5.75 Å². The fraction of sp³-hybridized carbons (Fsp3) is 0.647. The number of hydrogen-bond acceptors (Lipinski definition) is 5. The third-order valence-electron chi connectivity index (χ3n) is 5.39. The molecule has 23 heavy (non-hydrogen) atoms. The maximum Gasteiger partial charge on any atom is 0.142 e. The zero-order valence-electron chi connectivity index (χ0n) is 14.2. The molecule has 0 unspecified atom stereocenters. The molecule has 0 radical (unpaired) electrons. The highest BCUT2D eigenvalue weighted by Crippen LogP contribution is 2.47. The first kappa shape index (κ1) is 16.8. The number of piperidine rings is 1. The highest BCUT2D eigenvalue weighted by atomic mass is 31.2. The predicted molar refractivity (Wildman–Crippen MR) is 96.5 cm³/mol.